The maximum Gasteiger partial charge on any atom is 0.316 e. The molecule has 0 atom stereocenters. The normalized spacial score (nSPS) is 13.4. The number of hydrogen-bond acceptors (Lipinski definition) is 4. The average molecular weight is 406 g/mol. The zero-order chi connectivity index (χ0) is 21.0. The summed E-state index contributed by atoms with van der Waals surface area (Å²) < 4.78 is 4.93. The van der Waals surface area contributed by atoms with E-state index in [2.05, 4.69) is 110 Å². The maximum atomic E-state index is 7.70. The summed E-state index contributed by atoms with van der Waals surface area (Å²) in [5.41, 5.74) is 0.795. The summed E-state index contributed by atoms with van der Waals surface area (Å²) in [4.78, 5) is 6.81. The molecule has 0 aliphatic heterocycles. The van der Waals surface area contributed by atoms with Crippen LogP contribution in [0.1, 0.15) is 76.2 Å². The second-order valence-electron chi connectivity index (χ2n) is 9.27. The van der Waals surface area contributed by atoms with Crippen LogP contribution in [0.2, 0.25) is 0 Å². The molecule has 0 saturated carbocycles. The van der Waals surface area contributed by atoms with Gasteiger partial charge in [-0.2, -0.15) is 0 Å². The van der Waals surface area contributed by atoms with Crippen molar-refractivity contribution in [3.05, 3.63) is 5.44 Å². The Labute approximate surface area is 168 Å². The van der Waals surface area contributed by atoms with Gasteiger partial charge in [0.1, 0.15) is 11.2 Å². The Morgan fingerprint density at radius 1 is 0.808 bits per heavy atom. The molecular weight excluding hydrogens is 363 g/mol. The lowest BCUT2D eigenvalue weighted by Gasteiger charge is -2.45. The fourth-order valence-electron chi connectivity index (χ4n) is 3.39. The van der Waals surface area contributed by atoms with Crippen molar-refractivity contribution < 1.29 is 0 Å². The van der Waals surface area contributed by atoms with Gasteiger partial charge >= 0.3 is 6.92 Å². The smallest absolute Gasteiger partial charge is 0.316 e. The summed E-state index contributed by atoms with van der Waals surface area (Å²) in [5.74, 6) is 3.38. The predicted molar refractivity (Wildman–Crippen MR) is 121 cm³/mol. The number of halogens is 1. The fraction of sp³-hybridized carbons (Fsp3) is 0.900. The van der Waals surface area contributed by atoms with Crippen molar-refractivity contribution in [2.24, 2.45) is 4.99 Å². The molecule has 0 bridgehead atoms. The van der Waals surface area contributed by atoms with E-state index in [1.54, 1.807) is 0 Å². The minimum atomic E-state index is -2.39. The van der Waals surface area contributed by atoms with Gasteiger partial charge in [0.25, 0.3) is 5.44 Å². The molecule has 0 amide bonds. The lowest BCUT2D eigenvalue weighted by atomic mass is 10.1. The zero-order valence-electron chi connectivity index (χ0n) is 19.4. The van der Waals surface area contributed by atoms with E-state index in [9.17, 15) is 0 Å². The van der Waals surface area contributed by atoms with Crippen LogP contribution >= 0.6 is 18.2 Å². The number of aliphatic imine (C=N–C) groups is 1. The quantitative estimate of drug-likeness (QED) is 0.360. The van der Waals surface area contributed by atoms with Gasteiger partial charge in [0.2, 0.25) is 0 Å². The third-order valence-corrected chi connectivity index (χ3v) is 9.55. The first kappa shape index (κ1) is 25.9. The lowest BCUT2D eigenvalue weighted by molar-refractivity contribution is 0.251. The van der Waals surface area contributed by atoms with Crippen molar-refractivity contribution >= 4 is 24.0 Å². The summed E-state index contributed by atoms with van der Waals surface area (Å²) in [6.45, 7) is 21.7. The molecule has 0 aliphatic carbocycles. The molecular formula is C20H43ClN4P+. The van der Waals surface area contributed by atoms with Crippen LogP contribution in [0, 0.1) is 0 Å². The first-order valence-corrected chi connectivity index (χ1v) is 12.4. The van der Waals surface area contributed by atoms with E-state index in [-0.39, 0.29) is 5.54 Å². The molecule has 0 radical (unpaired) electrons. The van der Waals surface area contributed by atoms with Gasteiger partial charge < -0.3 is 4.90 Å². The molecule has 0 aromatic heterocycles. The zero-order valence-corrected chi connectivity index (χ0v) is 21.1. The summed E-state index contributed by atoms with van der Waals surface area (Å²) in [5, 5.41) is 0. The molecule has 0 aromatic carbocycles. The van der Waals surface area contributed by atoms with Crippen molar-refractivity contribution in [1.29, 1.82) is 0 Å². The molecule has 0 aromatic rings. The predicted octanol–water partition coefficient (Wildman–Crippen LogP) is 6.10. The van der Waals surface area contributed by atoms with Crippen LogP contribution in [-0.4, -0.2) is 63.9 Å². The fourth-order valence-corrected chi connectivity index (χ4v) is 9.86. The second-order valence-corrected chi connectivity index (χ2v) is 13.1. The van der Waals surface area contributed by atoms with Gasteiger partial charge in [-0.25, -0.2) is 4.99 Å². The standard InChI is InChI=1S/C20H43ClN4P/c1-15(2)24(16(3)4)26(21,25(17(5)6)18(7)8)19(23(12)13)14-22-20(9,10)11/h15-18H,1-13H3/q+1. The molecule has 0 rings (SSSR count). The summed E-state index contributed by atoms with van der Waals surface area (Å²) >= 11 is 7.70. The Bertz CT molecular complexity index is 464. The van der Waals surface area contributed by atoms with Crippen LogP contribution in [0.4, 0.5) is 0 Å². The van der Waals surface area contributed by atoms with Crippen molar-refractivity contribution in [3.63, 3.8) is 0 Å². The molecule has 0 spiro atoms. The topological polar surface area (TPSA) is 22.1 Å². The monoisotopic (exact) mass is 405 g/mol. The third kappa shape index (κ3) is 6.50. The van der Waals surface area contributed by atoms with Gasteiger partial charge in [0.05, 0.1) is 11.4 Å². The van der Waals surface area contributed by atoms with E-state index >= 15 is 0 Å². The van der Waals surface area contributed by atoms with E-state index in [1.807, 2.05) is 0 Å². The average Bonchev–Trinajstić information content (AvgIpc) is 2.33. The van der Waals surface area contributed by atoms with Crippen molar-refractivity contribution in [1.82, 2.24) is 14.2 Å². The Morgan fingerprint density at radius 3 is 1.31 bits per heavy atom. The van der Waals surface area contributed by atoms with E-state index in [0.29, 0.717) is 24.2 Å². The molecule has 4 nitrogen and oxygen atoms in total. The molecule has 0 fully saturated rings. The van der Waals surface area contributed by atoms with E-state index in [4.69, 9.17) is 16.2 Å². The lowest BCUT2D eigenvalue weighted by Crippen LogP contribution is -2.48. The van der Waals surface area contributed by atoms with Crippen molar-refractivity contribution in [3.8, 4) is 0 Å². The van der Waals surface area contributed by atoms with Gasteiger partial charge in [0, 0.05) is 38.3 Å². The first-order valence-electron chi connectivity index (χ1n) is 9.76. The minimum absolute atomic E-state index is 0.191. The third-order valence-electron chi connectivity index (χ3n) is 3.91. The summed E-state index contributed by atoms with van der Waals surface area (Å²) in [7, 11) is 4.10. The molecule has 0 saturated heterocycles. The van der Waals surface area contributed by atoms with Crippen LogP contribution in [-0.2, 0) is 0 Å². The second kappa shape index (κ2) is 9.89. The van der Waals surface area contributed by atoms with E-state index < -0.39 is 6.92 Å². The Morgan fingerprint density at radius 2 is 1.12 bits per heavy atom. The minimum Gasteiger partial charge on any atom is -0.337 e. The van der Waals surface area contributed by atoms with Gasteiger partial charge in [-0.15, -0.1) is 9.34 Å². The van der Waals surface area contributed by atoms with Crippen LogP contribution < -0.4 is 0 Å². The highest BCUT2D eigenvalue weighted by Crippen LogP contribution is 2.77. The van der Waals surface area contributed by atoms with Gasteiger partial charge in [0.15, 0.2) is 0 Å². The van der Waals surface area contributed by atoms with Gasteiger partial charge in [-0.1, -0.05) is 0 Å². The highest BCUT2D eigenvalue weighted by Gasteiger charge is 2.60. The molecule has 6 heteroatoms. The van der Waals surface area contributed by atoms with Gasteiger partial charge in [-0.05, 0) is 76.2 Å². The van der Waals surface area contributed by atoms with E-state index in [1.165, 1.54) is 0 Å². The van der Waals surface area contributed by atoms with Crippen LogP contribution in [0.5, 0.6) is 0 Å². The van der Waals surface area contributed by atoms with E-state index in [0.717, 1.165) is 5.44 Å². The number of hydrogen-bond donors (Lipinski definition) is 0. The van der Waals surface area contributed by atoms with Crippen molar-refractivity contribution in [2.45, 2.75) is 106 Å². The Balaban J connectivity index is 6.96. The highest BCUT2D eigenvalue weighted by atomic mass is 35.7. The molecule has 0 aliphatic rings. The SMILES string of the molecule is CC(C)N(C(C)C)[P+](Cl)(C(=C=NC(C)(C)C)N(C)C)N(C(C)C)C(C)C. The Hall–Kier alpha value is -0.110. The van der Waals surface area contributed by atoms with Crippen LogP contribution in [0.25, 0.3) is 0 Å². The molecule has 0 N–H and O–H groups in total. The molecule has 0 unspecified atom stereocenters. The highest BCUT2D eigenvalue weighted by molar-refractivity contribution is 7.98. The number of rotatable bonds is 8. The largest absolute Gasteiger partial charge is 0.337 e. The Kier molecular flexibility index (Phi) is 9.85. The first-order chi connectivity index (χ1) is 11.6. The summed E-state index contributed by atoms with van der Waals surface area (Å²) in [6.07, 6.45) is 0. The van der Waals surface area contributed by atoms with Gasteiger partial charge in [-0.3, -0.25) is 0 Å². The number of nitrogens with zero attached hydrogens (tertiary/aromatic N) is 4. The maximum absolute atomic E-state index is 7.70. The summed E-state index contributed by atoms with van der Waals surface area (Å²) in [6, 6.07) is 1.25. The molecule has 154 valence electrons. The van der Waals surface area contributed by atoms with Crippen LogP contribution in [0.15, 0.2) is 10.4 Å². The van der Waals surface area contributed by atoms with Crippen LogP contribution in [0.3, 0.4) is 0 Å². The molecule has 26 heavy (non-hydrogen) atoms. The van der Waals surface area contributed by atoms with Crippen molar-refractivity contribution in [2.75, 3.05) is 14.1 Å². The molecule has 0 heterocycles.